The number of nitrogens with one attached hydrogen (secondary N) is 2. The number of methoxy groups -OCH3 is 1. The predicted molar refractivity (Wildman–Crippen MR) is 97.0 cm³/mol. The van der Waals surface area contributed by atoms with Crippen LogP contribution in [-0.4, -0.2) is 35.9 Å². The summed E-state index contributed by atoms with van der Waals surface area (Å²) < 4.78 is 12.3. The summed E-state index contributed by atoms with van der Waals surface area (Å²) in [4.78, 5) is 25.2. The van der Waals surface area contributed by atoms with E-state index in [1.54, 1.807) is 31.6 Å². The number of carbonyl (C=O) groups excluding carboxylic acids is 1. The first-order valence-corrected chi connectivity index (χ1v) is 8.66. The van der Waals surface area contributed by atoms with Gasteiger partial charge in [-0.2, -0.15) is 0 Å². The van der Waals surface area contributed by atoms with Gasteiger partial charge in [-0.15, -0.1) is 5.10 Å². The quantitative estimate of drug-likeness (QED) is 0.861. The zero-order valence-corrected chi connectivity index (χ0v) is 15.5. The Bertz CT molecular complexity index is 878. The smallest absolute Gasteiger partial charge is 0.349 e. The average molecular weight is 360 g/mol. The fraction of sp³-hybridized carbons (Fsp3) is 0.500. The maximum atomic E-state index is 12.7. The van der Waals surface area contributed by atoms with Crippen molar-refractivity contribution >= 4 is 11.6 Å². The number of ether oxygens (including phenoxy) is 1. The Kier molecular flexibility index (Phi) is 5.13. The molecule has 1 saturated heterocycles. The fourth-order valence-electron chi connectivity index (χ4n) is 3.25. The summed E-state index contributed by atoms with van der Waals surface area (Å²) >= 11 is 0. The zero-order valence-electron chi connectivity index (χ0n) is 15.5. The Hall–Kier alpha value is -2.61. The third-order valence-corrected chi connectivity index (χ3v) is 4.87. The first-order chi connectivity index (χ1) is 12.4. The minimum atomic E-state index is -0.614. The van der Waals surface area contributed by atoms with Gasteiger partial charge in [0.15, 0.2) is 0 Å². The number of rotatable bonds is 4. The van der Waals surface area contributed by atoms with Gasteiger partial charge in [0.1, 0.15) is 17.0 Å². The van der Waals surface area contributed by atoms with Crippen LogP contribution in [0.4, 0.5) is 5.69 Å². The molecule has 0 aromatic carbocycles. The molecule has 8 nitrogen and oxygen atoms in total. The van der Waals surface area contributed by atoms with Crippen LogP contribution in [0.1, 0.15) is 46.1 Å². The largest absolute Gasteiger partial charge is 0.478 e. The Labute approximate surface area is 151 Å². The number of nitrogens with zero attached hydrogens (tertiary/aromatic N) is 2. The highest BCUT2D eigenvalue weighted by molar-refractivity contribution is 6.05. The van der Waals surface area contributed by atoms with Crippen LogP contribution < -0.4 is 21.0 Å². The average Bonchev–Trinajstić information content (AvgIpc) is 2.89. The SMILES string of the molecule is COc1nn(C)c(C)c1NC(=O)c1c(C)cc(C2CCNCC2)oc1=O. The molecule has 1 fully saturated rings. The molecule has 0 saturated carbocycles. The Balaban J connectivity index is 1.89. The van der Waals surface area contributed by atoms with Crippen LogP contribution in [0.2, 0.25) is 0 Å². The molecular weight excluding hydrogens is 336 g/mol. The second kappa shape index (κ2) is 7.33. The lowest BCUT2D eigenvalue weighted by molar-refractivity contribution is 0.102. The van der Waals surface area contributed by atoms with Gasteiger partial charge in [0, 0.05) is 13.0 Å². The molecule has 2 aromatic heterocycles. The monoisotopic (exact) mass is 360 g/mol. The second-order valence-corrected chi connectivity index (χ2v) is 6.57. The maximum absolute atomic E-state index is 12.7. The number of piperidine rings is 1. The molecular formula is C18H24N4O4. The van der Waals surface area contributed by atoms with Crippen molar-refractivity contribution in [1.82, 2.24) is 15.1 Å². The summed E-state index contributed by atoms with van der Waals surface area (Å²) in [6.07, 6.45) is 1.83. The van der Waals surface area contributed by atoms with Crippen LogP contribution >= 0.6 is 0 Å². The number of amides is 1. The highest BCUT2D eigenvalue weighted by Gasteiger charge is 2.24. The molecule has 0 unspecified atom stereocenters. The summed E-state index contributed by atoms with van der Waals surface area (Å²) in [5.41, 5.74) is 1.17. The molecule has 0 aliphatic carbocycles. The standard InChI is InChI=1S/C18H24N4O4/c1-10-9-13(12-5-7-19-8-6-12)26-18(24)14(10)16(23)20-15-11(2)22(3)21-17(15)25-4/h9,12,19H,5-8H2,1-4H3,(H,20,23). The van der Waals surface area contributed by atoms with E-state index in [2.05, 4.69) is 15.7 Å². The number of hydrogen-bond acceptors (Lipinski definition) is 6. The van der Waals surface area contributed by atoms with Crippen molar-refractivity contribution in [2.24, 2.45) is 7.05 Å². The first kappa shape index (κ1) is 18.2. The van der Waals surface area contributed by atoms with Crippen molar-refractivity contribution < 1.29 is 13.9 Å². The number of aromatic nitrogens is 2. The van der Waals surface area contributed by atoms with Crippen molar-refractivity contribution in [3.8, 4) is 5.88 Å². The molecule has 26 heavy (non-hydrogen) atoms. The molecule has 0 spiro atoms. The van der Waals surface area contributed by atoms with E-state index >= 15 is 0 Å². The van der Waals surface area contributed by atoms with Gasteiger partial charge in [-0.25, -0.2) is 4.79 Å². The zero-order chi connectivity index (χ0) is 18.8. The number of hydrogen-bond donors (Lipinski definition) is 2. The lowest BCUT2D eigenvalue weighted by Gasteiger charge is -2.21. The lowest BCUT2D eigenvalue weighted by Crippen LogP contribution is -2.28. The van der Waals surface area contributed by atoms with E-state index in [1.165, 1.54) is 7.11 Å². The molecule has 3 heterocycles. The first-order valence-electron chi connectivity index (χ1n) is 8.66. The highest BCUT2D eigenvalue weighted by atomic mass is 16.5. The molecule has 8 heteroatoms. The molecule has 0 atom stereocenters. The summed E-state index contributed by atoms with van der Waals surface area (Å²) in [5, 5.41) is 10.2. The van der Waals surface area contributed by atoms with Crippen LogP contribution in [-0.2, 0) is 7.05 Å². The Morgan fingerprint density at radius 3 is 2.69 bits per heavy atom. The van der Waals surface area contributed by atoms with Gasteiger partial charge in [0.25, 0.3) is 11.8 Å². The summed E-state index contributed by atoms with van der Waals surface area (Å²) in [7, 11) is 3.23. The van der Waals surface area contributed by atoms with Crippen LogP contribution in [0.5, 0.6) is 5.88 Å². The fourth-order valence-corrected chi connectivity index (χ4v) is 3.25. The summed E-state index contributed by atoms with van der Waals surface area (Å²) in [5.74, 6) is 0.635. The molecule has 2 N–H and O–H groups in total. The van der Waals surface area contributed by atoms with E-state index < -0.39 is 11.5 Å². The Morgan fingerprint density at radius 1 is 1.38 bits per heavy atom. The van der Waals surface area contributed by atoms with Crippen molar-refractivity contribution in [1.29, 1.82) is 0 Å². The number of aryl methyl sites for hydroxylation is 2. The van der Waals surface area contributed by atoms with Crippen LogP contribution in [0.15, 0.2) is 15.3 Å². The van der Waals surface area contributed by atoms with Crippen LogP contribution in [0.25, 0.3) is 0 Å². The number of carbonyl (C=O) groups is 1. The van der Waals surface area contributed by atoms with Gasteiger partial charge in [-0.05, 0) is 51.4 Å². The minimum Gasteiger partial charge on any atom is -0.478 e. The van der Waals surface area contributed by atoms with Crippen molar-refractivity contribution in [3.63, 3.8) is 0 Å². The van der Waals surface area contributed by atoms with Crippen LogP contribution in [0.3, 0.4) is 0 Å². The number of anilines is 1. The van der Waals surface area contributed by atoms with Gasteiger partial charge in [-0.3, -0.25) is 9.48 Å². The van der Waals surface area contributed by atoms with Gasteiger partial charge in [0.2, 0.25) is 0 Å². The van der Waals surface area contributed by atoms with Crippen molar-refractivity contribution in [3.05, 3.63) is 39.1 Å². The molecule has 1 aliphatic rings. The third kappa shape index (κ3) is 3.37. The molecule has 0 bridgehead atoms. The van der Waals surface area contributed by atoms with Gasteiger partial charge in [0.05, 0.1) is 12.8 Å². The van der Waals surface area contributed by atoms with E-state index in [0.717, 1.165) is 31.6 Å². The Morgan fingerprint density at radius 2 is 2.08 bits per heavy atom. The second-order valence-electron chi connectivity index (χ2n) is 6.57. The molecule has 140 valence electrons. The highest BCUT2D eigenvalue weighted by Crippen LogP contribution is 2.28. The van der Waals surface area contributed by atoms with E-state index in [0.29, 0.717) is 22.9 Å². The van der Waals surface area contributed by atoms with Crippen molar-refractivity contribution in [2.75, 3.05) is 25.5 Å². The van der Waals surface area contributed by atoms with Gasteiger partial charge < -0.3 is 19.8 Å². The van der Waals surface area contributed by atoms with E-state index in [4.69, 9.17) is 9.15 Å². The van der Waals surface area contributed by atoms with E-state index in [1.807, 2.05) is 0 Å². The van der Waals surface area contributed by atoms with Crippen molar-refractivity contribution in [2.45, 2.75) is 32.6 Å². The molecule has 0 radical (unpaired) electrons. The van der Waals surface area contributed by atoms with E-state index in [-0.39, 0.29) is 11.5 Å². The topological polar surface area (TPSA) is 98.4 Å². The third-order valence-electron chi connectivity index (χ3n) is 4.87. The predicted octanol–water partition coefficient (Wildman–Crippen LogP) is 1.72. The van der Waals surface area contributed by atoms with Gasteiger partial charge in [-0.1, -0.05) is 0 Å². The molecule has 1 aliphatic heterocycles. The normalized spacial score (nSPS) is 15.1. The van der Waals surface area contributed by atoms with Crippen LogP contribution in [0, 0.1) is 13.8 Å². The van der Waals surface area contributed by atoms with Gasteiger partial charge >= 0.3 is 5.63 Å². The lowest BCUT2D eigenvalue weighted by atomic mass is 9.94. The summed E-state index contributed by atoms with van der Waals surface area (Å²) in [6.45, 7) is 5.36. The molecule has 2 aromatic rings. The summed E-state index contributed by atoms with van der Waals surface area (Å²) in [6, 6.07) is 1.81. The minimum absolute atomic E-state index is 0.00740. The van der Waals surface area contributed by atoms with E-state index in [9.17, 15) is 9.59 Å². The molecule has 3 rings (SSSR count). The molecule has 1 amide bonds. The maximum Gasteiger partial charge on any atom is 0.349 e.